The molecule has 114 valence electrons. The zero-order valence-corrected chi connectivity index (χ0v) is 12.3. The maximum Gasteiger partial charge on any atom is 0.226 e. The first-order valence-corrected chi connectivity index (χ1v) is 6.92. The van der Waals surface area contributed by atoms with Crippen LogP contribution in [0.1, 0.15) is 16.8 Å². The number of fused-ring (bicyclic) bond motifs is 1. The van der Waals surface area contributed by atoms with E-state index in [2.05, 4.69) is 10.5 Å². The molecule has 0 aliphatic carbocycles. The molecule has 0 radical (unpaired) electrons. The third-order valence-corrected chi connectivity index (χ3v) is 3.12. The maximum absolute atomic E-state index is 11.9. The number of ether oxygens (including phenoxy) is 1. The lowest BCUT2D eigenvalue weighted by molar-refractivity contribution is -0.120. The van der Waals surface area contributed by atoms with Gasteiger partial charge in [0.05, 0.1) is 26.2 Å². The summed E-state index contributed by atoms with van der Waals surface area (Å²) in [7, 11) is 0. The topological polar surface area (TPSA) is 84.6 Å². The van der Waals surface area contributed by atoms with E-state index in [1.165, 1.54) is 0 Å². The highest BCUT2D eigenvalue weighted by atomic mass is 16.5. The van der Waals surface area contributed by atoms with Gasteiger partial charge in [-0.2, -0.15) is 0 Å². The Hall–Kier alpha value is -1.92. The number of hydrogen-bond donors (Lipinski definition) is 2. The fourth-order valence-corrected chi connectivity index (χ4v) is 2.28. The third kappa shape index (κ3) is 4.03. The molecule has 6 nitrogen and oxygen atoms in total. The Kier molecular flexibility index (Phi) is 5.30. The van der Waals surface area contributed by atoms with E-state index >= 15 is 0 Å². The minimum Gasteiger partial charge on any atom is -0.394 e. The number of aryl methyl sites for hydroxylation is 2. The van der Waals surface area contributed by atoms with E-state index in [4.69, 9.17) is 14.4 Å². The number of nitrogens with zero attached hydrogens (tertiary/aromatic N) is 1. The van der Waals surface area contributed by atoms with E-state index in [1.807, 2.05) is 26.0 Å². The van der Waals surface area contributed by atoms with Crippen molar-refractivity contribution in [3.8, 4) is 0 Å². The Bertz CT molecular complexity index is 621. The van der Waals surface area contributed by atoms with E-state index in [9.17, 15) is 4.79 Å². The SMILES string of the molecule is Cc1cc(C)c2c(CC(=O)NCCOCCO)noc2c1. The van der Waals surface area contributed by atoms with Crippen molar-refractivity contribution < 1.29 is 19.2 Å². The number of benzene rings is 1. The van der Waals surface area contributed by atoms with Crippen molar-refractivity contribution in [1.29, 1.82) is 0 Å². The minimum atomic E-state index is -0.127. The molecule has 6 heteroatoms. The molecule has 2 rings (SSSR count). The Labute approximate surface area is 123 Å². The number of carbonyl (C=O) groups excluding carboxylic acids is 1. The highest BCUT2D eigenvalue weighted by molar-refractivity contribution is 5.88. The molecule has 1 amide bonds. The molecule has 0 atom stereocenters. The molecule has 0 bridgehead atoms. The number of hydrogen-bond acceptors (Lipinski definition) is 5. The number of nitrogens with one attached hydrogen (secondary N) is 1. The Morgan fingerprint density at radius 1 is 1.38 bits per heavy atom. The fraction of sp³-hybridized carbons (Fsp3) is 0.467. The van der Waals surface area contributed by atoms with E-state index in [1.54, 1.807) is 0 Å². The number of aromatic nitrogens is 1. The second-order valence-electron chi connectivity index (χ2n) is 4.95. The Balaban J connectivity index is 1.95. The van der Waals surface area contributed by atoms with Crippen LogP contribution in [0.5, 0.6) is 0 Å². The molecule has 0 saturated carbocycles. The highest BCUT2D eigenvalue weighted by Crippen LogP contribution is 2.24. The fourth-order valence-electron chi connectivity index (χ4n) is 2.28. The molecule has 0 aliphatic rings. The second-order valence-corrected chi connectivity index (χ2v) is 4.95. The van der Waals surface area contributed by atoms with Gasteiger partial charge in [-0.3, -0.25) is 4.79 Å². The molecule has 0 unspecified atom stereocenters. The van der Waals surface area contributed by atoms with Gasteiger partial charge in [-0.15, -0.1) is 0 Å². The van der Waals surface area contributed by atoms with Crippen molar-refractivity contribution in [1.82, 2.24) is 10.5 Å². The van der Waals surface area contributed by atoms with E-state index in [0.29, 0.717) is 24.4 Å². The summed E-state index contributed by atoms with van der Waals surface area (Å²) in [5.41, 5.74) is 3.52. The quantitative estimate of drug-likeness (QED) is 0.747. The van der Waals surface area contributed by atoms with Crippen LogP contribution in [0.2, 0.25) is 0 Å². The van der Waals surface area contributed by atoms with Gasteiger partial charge in [-0.25, -0.2) is 0 Å². The minimum absolute atomic E-state index is 0.0163. The summed E-state index contributed by atoms with van der Waals surface area (Å²) in [6, 6.07) is 3.96. The van der Waals surface area contributed by atoms with Gasteiger partial charge in [0.15, 0.2) is 5.58 Å². The number of amides is 1. The van der Waals surface area contributed by atoms with Crippen LogP contribution >= 0.6 is 0 Å². The maximum atomic E-state index is 11.9. The summed E-state index contributed by atoms with van der Waals surface area (Å²) in [5.74, 6) is -0.127. The van der Waals surface area contributed by atoms with Crippen molar-refractivity contribution in [2.24, 2.45) is 0 Å². The van der Waals surface area contributed by atoms with Crippen molar-refractivity contribution in [3.05, 3.63) is 29.0 Å². The number of aliphatic hydroxyl groups excluding tert-OH is 1. The average molecular weight is 292 g/mol. The number of carbonyl (C=O) groups is 1. The van der Waals surface area contributed by atoms with Gasteiger partial charge < -0.3 is 19.7 Å². The Morgan fingerprint density at radius 3 is 2.95 bits per heavy atom. The molecule has 0 saturated heterocycles. The lowest BCUT2D eigenvalue weighted by Gasteiger charge is -2.05. The molecule has 2 N–H and O–H groups in total. The predicted octanol–water partition coefficient (Wildman–Crippen LogP) is 1.11. The van der Waals surface area contributed by atoms with Crippen molar-refractivity contribution in [3.63, 3.8) is 0 Å². The zero-order valence-electron chi connectivity index (χ0n) is 12.3. The molecule has 1 aromatic carbocycles. The van der Waals surface area contributed by atoms with Crippen LogP contribution in [0, 0.1) is 13.8 Å². The molecule has 2 aromatic rings. The first kappa shape index (κ1) is 15.5. The standard InChI is InChI=1S/C15H20N2O4/c1-10-7-11(2)15-12(17-21-13(15)8-10)9-14(19)16-3-5-20-6-4-18/h7-8,18H,3-6,9H2,1-2H3,(H,16,19). The van der Waals surface area contributed by atoms with Gasteiger partial charge in [0.1, 0.15) is 5.69 Å². The zero-order chi connectivity index (χ0) is 15.2. The van der Waals surface area contributed by atoms with Gasteiger partial charge in [0.25, 0.3) is 0 Å². The highest BCUT2D eigenvalue weighted by Gasteiger charge is 2.14. The van der Waals surface area contributed by atoms with Crippen molar-refractivity contribution >= 4 is 16.9 Å². The van der Waals surface area contributed by atoms with Crippen LogP contribution in [0.25, 0.3) is 11.0 Å². The third-order valence-electron chi connectivity index (χ3n) is 3.12. The monoisotopic (exact) mass is 292 g/mol. The van der Waals surface area contributed by atoms with Crippen molar-refractivity contribution in [2.75, 3.05) is 26.4 Å². The van der Waals surface area contributed by atoms with E-state index in [-0.39, 0.29) is 25.5 Å². The van der Waals surface area contributed by atoms with E-state index < -0.39 is 0 Å². The molecular formula is C15H20N2O4. The molecular weight excluding hydrogens is 272 g/mol. The van der Waals surface area contributed by atoms with Crippen LogP contribution in [0.4, 0.5) is 0 Å². The molecule has 0 fully saturated rings. The van der Waals surface area contributed by atoms with Gasteiger partial charge in [-0.1, -0.05) is 11.2 Å². The molecule has 0 spiro atoms. The predicted molar refractivity (Wildman–Crippen MR) is 78.1 cm³/mol. The second kappa shape index (κ2) is 7.19. The molecule has 0 aliphatic heterocycles. The summed E-state index contributed by atoms with van der Waals surface area (Å²) >= 11 is 0. The Morgan fingerprint density at radius 2 is 2.19 bits per heavy atom. The lowest BCUT2D eigenvalue weighted by Crippen LogP contribution is -2.29. The molecule has 1 aromatic heterocycles. The van der Waals surface area contributed by atoms with Crippen LogP contribution in [0.3, 0.4) is 0 Å². The first-order valence-electron chi connectivity index (χ1n) is 6.92. The summed E-state index contributed by atoms with van der Waals surface area (Å²) < 4.78 is 10.4. The van der Waals surface area contributed by atoms with Crippen molar-refractivity contribution in [2.45, 2.75) is 20.3 Å². The van der Waals surface area contributed by atoms with Crippen LogP contribution in [0.15, 0.2) is 16.7 Å². The van der Waals surface area contributed by atoms with Gasteiger partial charge >= 0.3 is 0 Å². The van der Waals surface area contributed by atoms with Crippen LogP contribution in [-0.4, -0.2) is 42.5 Å². The number of aliphatic hydroxyl groups is 1. The molecule has 21 heavy (non-hydrogen) atoms. The smallest absolute Gasteiger partial charge is 0.226 e. The molecule has 1 heterocycles. The summed E-state index contributed by atoms with van der Waals surface area (Å²) in [4.78, 5) is 11.9. The van der Waals surface area contributed by atoms with Crippen LogP contribution < -0.4 is 5.32 Å². The number of rotatable bonds is 7. The average Bonchev–Trinajstić information content (AvgIpc) is 2.81. The van der Waals surface area contributed by atoms with Gasteiger partial charge in [-0.05, 0) is 31.0 Å². The van der Waals surface area contributed by atoms with Gasteiger partial charge in [0.2, 0.25) is 5.91 Å². The summed E-state index contributed by atoms with van der Waals surface area (Å²) in [5, 5.41) is 16.2. The van der Waals surface area contributed by atoms with E-state index in [0.717, 1.165) is 16.5 Å². The summed E-state index contributed by atoms with van der Waals surface area (Å²) in [6.07, 6.45) is 0.177. The first-order chi connectivity index (χ1) is 10.1. The normalized spacial score (nSPS) is 11.0. The summed E-state index contributed by atoms with van der Waals surface area (Å²) in [6.45, 7) is 5.03. The lowest BCUT2D eigenvalue weighted by atomic mass is 10.0. The van der Waals surface area contributed by atoms with Crippen LogP contribution in [-0.2, 0) is 16.0 Å². The largest absolute Gasteiger partial charge is 0.394 e. The van der Waals surface area contributed by atoms with Gasteiger partial charge in [0, 0.05) is 11.9 Å².